The van der Waals surface area contributed by atoms with Gasteiger partial charge >= 0.3 is 0 Å². The normalized spacial score (nSPS) is 11.5. The van der Waals surface area contributed by atoms with Crippen LogP contribution in [-0.4, -0.2) is 29.2 Å². The number of aliphatic hydroxyl groups excluding tert-OH is 1. The van der Waals surface area contributed by atoms with E-state index in [9.17, 15) is 8.78 Å². The Kier molecular flexibility index (Phi) is 4.23. The van der Waals surface area contributed by atoms with Crippen molar-refractivity contribution in [3.63, 3.8) is 0 Å². The lowest BCUT2D eigenvalue weighted by Crippen LogP contribution is -2.27. The average molecular weight is 238 g/mol. The van der Waals surface area contributed by atoms with Crippen molar-refractivity contribution in [3.8, 4) is 5.88 Å². The quantitative estimate of drug-likeness (QED) is 0.853. The molecule has 1 aromatic rings. The number of aromatic nitrogens is 1. The number of rotatable bonds is 5. The molecule has 0 amide bonds. The van der Waals surface area contributed by atoms with Gasteiger partial charge in [0, 0.05) is 30.3 Å². The molecule has 1 N–H and O–H groups in total. The Morgan fingerprint density at radius 1 is 1.53 bits per heavy atom. The maximum atomic E-state index is 12.9. The van der Waals surface area contributed by atoms with E-state index < -0.39 is 25.6 Å². The Labute approximate surface area is 90.7 Å². The van der Waals surface area contributed by atoms with Crippen LogP contribution in [0.5, 0.6) is 5.88 Å². The summed E-state index contributed by atoms with van der Waals surface area (Å²) in [6, 6.07) is 2.86. The molecule has 0 aliphatic carbocycles. The Bertz CT molecular complexity index is 323. The third-order valence-corrected chi connectivity index (χ3v) is 1.84. The van der Waals surface area contributed by atoms with Gasteiger partial charge in [0.2, 0.25) is 5.88 Å². The van der Waals surface area contributed by atoms with Crippen LogP contribution in [0.1, 0.15) is 6.42 Å². The summed E-state index contributed by atoms with van der Waals surface area (Å²) >= 11 is 5.61. The minimum atomic E-state index is -3.06. The summed E-state index contributed by atoms with van der Waals surface area (Å²) in [5, 5.41) is 8.74. The van der Waals surface area contributed by atoms with Gasteiger partial charge in [0.1, 0.15) is 0 Å². The van der Waals surface area contributed by atoms with E-state index in [0.29, 0.717) is 5.02 Å². The Morgan fingerprint density at radius 3 is 2.87 bits per heavy atom. The van der Waals surface area contributed by atoms with Crippen LogP contribution in [0.4, 0.5) is 8.78 Å². The minimum absolute atomic E-state index is 0.0418. The van der Waals surface area contributed by atoms with Gasteiger partial charge in [-0.2, -0.15) is 0 Å². The van der Waals surface area contributed by atoms with E-state index in [2.05, 4.69) is 4.98 Å². The van der Waals surface area contributed by atoms with Crippen LogP contribution in [0.3, 0.4) is 0 Å². The molecule has 6 heteroatoms. The maximum absolute atomic E-state index is 12.9. The van der Waals surface area contributed by atoms with Gasteiger partial charge in [0.05, 0.1) is 0 Å². The van der Waals surface area contributed by atoms with E-state index in [1.807, 2.05) is 0 Å². The Morgan fingerprint density at radius 2 is 2.27 bits per heavy atom. The molecule has 0 bridgehead atoms. The molecule has 84 valence electrons. The predicted molar refractivity (Wildman–Crippen MR) is 51.4 cm³/mol. The Hall–Kier alpha value is -0.940. The number of halogens is 3. The third-order valence-electron chi connectivity index (χ3n) is 1.61. The molecule has 0 atom stereocenters. The second-order valence-corrected chi connectivity index (χ2v) is 3.37. The van der Waals surface area contributed by atoms with Gasteiger partial charge in [0.15, 0.2) is 6.61 Å². The van der Waals surface area contributed by atoms with Gasteiger partial charge in [0.25, 0.3) is 5.92 Å². The van der Waals surface area contributed by atoms with E-state index >= 15 is 0 Å². The molecular formula is C9H10ClF2NO2. The molecule has 0 aliphatic rings. The minimum Gasteiger partial charge on any atom is -0.471 e. The highest BCUT2D eigenvalue weighted by molar-refractivity contribution is 6.30. The molecule has 0 unspecified atom stereocenters. The highest BCUT2D eigenvalue weighted by Gasteiger charge is 2.29. The molecular weight excluding hydrogens is 228 g/mol. The van der Waals surface area contributed by atoms with E-state index in [-0.39, 0.29) is 5.88 Å². The van der Waals surface area contributed by atoms with Crippen LogP contribution in [-0.2, 0) is 0 Å². The van der Waals surface area contributed by atoms with Gasteiger partial charge in [-0.3, -0.25) is 0 Å². The first kappa shape index (κ1) is 12.1. The summed E-state index contributed by atoms with van der Waals surface area (Å²) in [6.07, 6.45) is 0.732. The molecule has 0 spiro atoms. The number of hydrogen-bond donors (Lipinski definition) is 1. The number of alkyl halides is 2. The van der Waals surface area contributed by atoms with Gasteiger partial charge in [-0.05, 0) is 6.07 Å². The zero-order valence-corrected chi connectivity index (χ0v) is 8.55. The van der Waals surface area contributed by atoms with Crippen molar-refractivity contribution in [1.29, 1.82) is 0 Å². The highest BCUT2D eigenvalue weighted by atomic mass is 35.5. The van der Waals surface area contributed by atoms with Crippen LogP contribution >= 0.6 is 11.6 Å². The molecule has 1 aromatic heterocycles. The summed E-state index contributed by atoms with van der Waals surface area (Å²) in [7, 11) is 0. The van der Waals surface area contributed by atoms with Crippen molar-refractivity contribution >= 4 is 11.6 Å². The van der Waals surface area contributed by atoms with Crippen molar-refractivity contribution in [1.82, 2.24) is 4.98 Å². The molecule has 0 aromatic carbocycles. The standard InChI is InChI=1S/C9H10ClF2NO2/c10-7-1-3-13-8(5-7)15-6-9(11,12)2-4-14/h1,3,5,14H,2,4,6H2. The first-order valence-electron chi connectivity index (χ1n) is 4.26. The van der Waals surface area contributed by atoms with Crippen molar-refractivity contribution in [3.05, 3.63) is 23.4 Å². The van der Waals surface area contributed by atoms with Crippen molar-refractivity contribution in [2.75, 3.05) is 13.2 Å². The summed E-state index contributed by atoms with van der Waals surface area (Å²) in [5.74, 6) is -3.02. The number of hydrogen-bond acceptors (Lipinski definition) is 3. The Balaban J connectivity index is 2.49. The second-order valence-electron chi connectivity index (χ2n) is 2.93. The summed E-state index contributed by atoms with van der Waals surface area (Å²) in [4.78, 5) is 3.70. The lowest BCUT2D eigenvalue weighted by molar-refractivity contribution is -0.0583. The fourth-order valence-electron chi connectivity index (χ4n) is 0.879. The summed E-state index contributed by atoms with van der Waals surface area (Å²) in [6.45, 7) is -1.40. The third kappa shape index (κ3) is 4.40. The fraction of sp³-hybridized carbons (Fsp3) is 0.444. The SMILES string of the molecule is OCCC(F)(F)COc1cc(Cl)ccn1. The number of pyridine rings is 1. The average Bonchev–Trinajstić information content (AvgIpc) is 2.15. The fourth-order valence-corrected chi connectivity index (χ4v) is 1.03. The molecule has 3 nitrogen and oxygen atoms in total. The molecule has 0 saturated carbocycles. The largest absolute Gasteiger partial charge is 0.471 e. The molecule has 0 aliphatic heterocycles. The van der Waals surface area contributed by atoms with Crippen LogP contribution in [0, 0.1) is 0 Å². The van der Waals surface area contributed by atoms with Gasteiger partial charge < -0.3 is 9.84 Å². The molecule has 15 heavy (non-hydrogen) atoms. The molecule has 0 saturated heterocycles. The molecule has 1 heterocycles. The zero-order chi connectivity index (χ0) is 11.3. The smallest absolute Gasteiger partial charge is 0.283 e. The predicted octanol–water partition coefficient (Wildman–Crippen LogP) is 2.13. The zero-order valence-electron chi connectivity index (χ0n) is 7.79. The lowest BCUT2D eigenvalue weighted by Gasteiger charge is -2.15. The number of aliphatic hydroxyl groups is 1. The van der Waals surface area contributed by atoms with E-state index in [1.165, 1.54) is 18.3 Å². The highest BCUT2D eigenvalue weighted by Crippen LogP contribution is 2.20. The van der Waals surface area contributed by atoms with E-state index in [0.717, 1.165) is 0 Å². The van der Waals surface area contributed by atoms with E-state index in [1.54, 1.807) is 0 Å². The van der Waals surface area contributed by atoms with Gasteiger partial charge in [-0.15, -0.1) is 0 Å². The van der Waals surface area contributed by atoms with Gasteiger partial charge in [-0.25, -0.2) is 13.8 Å². The molecule has 0 radical (unpaired) electrons. The van der Waals surface area contributed by atoms with Crippen LogP contribution < -0.4 is 4.74 Å². The summed E-state index contributed by atoms with van der Waals surface area (Å²) in [5.41, 5.74) is 0. The number of ether oxygens (including phenoxy) is 1. The van der Waals surface area contributed by atoms with Crippen LogP contribution in [0.15, 0.2) is 18.3 Å². The van der Waals surface area contributed by atoms with Crippen molar-refractivity contribution in [2.24, 2.45) is 0 Å². The maximum Gasteiger partial charge on any atom is 0.283 e. The molecule has 1 rings (SSSR count). The first-order chi connectivity index (χ1) is 7.03. The lowest BCUT2D eigenvalue weighted by atomic mass is 10.3. The molecule has 0 fully saturated rings. The first-order valence-corrected chi connectivity index (χ1v) is 4.64. The van der Waals surface area contributed by atoms with Gasteiger partial charge in [-0.1, -0.05) is 11.6 Å². The second kappa shape index (κ2) is 5.23. The monoisotopic (exact) mass is 237 g/mol. The van der Waals surface area contributed by atoms with Crippen LogP contribution in [0.2, 0.25) is 5.02 Å². The number of nitrogens with zero attached hydrogens (tertiary/aromatic N) is 1. The van der Waals surface area contributed by atoms with E-state index in [4.69, 9.17) is 21.4 Å². The topological polar surface area (TPSA) is 42.4 Å². The van der Waals surface area contributed by atoms with Crippen molar-refractivity contribution in [2.45, 2.75) is 12.3 Å². The summed E-state index contributed by atoms with van der Waals surface area (Å²) < 4.78 is 30.5. The van der Waals surface area contributed by atoms with Crippen molar-refractivity contribution < 1.29 is 18.6 Å². The van der Waals surface area contributed by atoms with Crippen LogP contribution in [0.25, 0.3) is 0 Å².